The SMILES string of the molecule is CC.CN1CCC2(C=C(c3ccccc3)c3ccccc32)CC1. The third-order valence-electron chi connectivity index (χ3n) is 5.14. The first-order valence-corrected chi connectivity index (χ1v) is 8.85. The van der Waals surface area contributed by atoms with E-state index in [2.05, 4.69) is 72.6 Å². The predicted molar refractivity (Wildman–Crippen MR) is 99.7 cm³/mol. The van der Waals surface area contributed by atoms with Crippen LogP contribution in [0, 0.1) is 0 Å². The van der Waals surface area contributed by atoms with Crippen LogP contribution in [-0.4, -0.2) is 25.0 Å². The average molecular weight is 305 g/mol. The summed E-state index contributed by atoms with van der Waals surface area (Å²) < 4.78 is 0. The Labute approximate surface area is 140 Å². The molecule has 0 bridgehead atoms. The molecule has 1 heteroatoms. The van der Waals surface area contributed by atoms with E-state index in [4.69, 9.17) is 0 Å². The highest BCUT2D eigenvalue weighted by atomic mass is 15.1. The summed E-state index contributed by atoms with van der Waals surface area (Å²) in [5, 5.41) is 0. The van der Waals surface area contributed by atoms with Gasteiger partial charge in [0.25, 0.3) is 0 Å². The molecule has 0 aromatic heterocycles. The maximum Gasteiger partial charge on any atom is 0.0172 e. The maximum absolute atomic E-state index is 2.56. The zero-order valence-electron chi connectivity index (χ0n) is 14.5. The molecular weight excluding hydrogens is 278 g/mol. The van der Waals surface area contributed by atoms with Gasteiger partial charge in [0.2, 0.25) is 0 Å². The van der Waals surface area contributed by atoms with Crippen LogP contribution in [0.25, 0.3) is 5.57 Å². The van der Waals surface area contributed by atoms with Gasteiger partial charge < -0.3 is 4.90 Å². The van der Waals surface area contributed by atoms with E-state index in [0.717, 1.165) is 0 Å². The molecule has 0 N–H and O–H groups in total. The summed E-state index contributed by atoms with van der Waals surface area (Å²) in [5.41, 5.74) is 6.01. The van der Waals surface area contributed by atoms with Gasteiger partial charge in [0, 0.05) is 5.41 Å². The van der Waals surface area contributed by atoms with E-state index in [1.54, 1.807) is 0 Å². The van der Waals surface area contributed by atoms with Crippen molar-refractivity contribution >= 4 is 5.57 Å². The zero-order valence-corrected chi connectivity index (χ0v) is 14.5. The molecular formula is C22H27N. The van der Waals surface area contributed by atoms with E-state index in [-0.39, 0.29) is 5.41 Å². The second kappa shape index (κ2) is 6.72. The smallest absolute Gasteiger partial charge is 0.0172 e. The largest absolute Gasteiger partial charge is 0.306 e. The summed E-state index contributed by atoms with van der Waals surface area (Å²) in [7, 11) is 2.23. The van der Waals surface area contributed by atoms with Crippen molar-refractivity contribution in [3.8, 4) is 0 Å². The summed E-state index contributed by atoms with van der Waals surface area (Å²) in [5.74, 6) is 0. The molecule has 0 atom stereocenters. The van der Waals surface area contributed by atoms with E-state index >= 15 is 0 Å². The number of rotatable bonds is 1. The summed E-state index contributed by atoms with van der Waals surface area (Å²) in [6.07, 6.45) is 5.02. The first-order chi connectivity index (χ1) is 11.3. The zero-order chi connectivity index (χ0) is 16.3. The van der Waals surface area contributed by atoms with Crippen molar-refractivity contribution < 1.29 is 0 Å². The van der Waals surface area contributed by atoms with Gasteiger partial charge in [-0.3, -0.25) is 0 Å². The summed E-state index contributed by atoms with van der Waals surface area (Å²) in [6.45, 7) is 6.37. The lowest BCUT2D eigenvalue weighted by Crippen LogP contribution is -2.38. The number of hydrogen-bond donors (Lipinski definition) is 0. The highest BCUT2D eigenvalue weighted by Gasteiger charge is 2.39. The van der Waals surface area contributed by atoms with Crippen LogP contribution in [0.4, 0.5) is 0 Å². The minimum absolute atomic E-state index is 0.258. The standard InChI is InChI=1S/C20H21N.C2H6/c1-21-13-11-20(12-14-21)15-18(16-7-3-2-4-8-16)17-9-5-6-10-19(17)20;1-2/h2-10,15H,11-14H2,1H3;1-2H3. The molecule has 1 saturated heterocycles. The Morgan fingerprint density at radius 1 is 0.826 bits per heavy atom. The maximum atomic E-state index is 2.56. The quantitative estimate of drug-likeness (QED) is 0.706. The Morgan fingerprint density at radius 2 is 1.43 bits per heavy atom. The molecule has 2 aromatic rings. The second-order valence-corrected chi connectivity index (χ2v) is 6.43. The van der Waals surface area contributed by atoms with Crippen LogP contribution < -0.4 is 0 Å². The molecule has 1 aliphatic heterocycles. The number of fused-ring (bicyclic) bond motifs is 2. The fourth-order valence-electron chi connectivity index (χ4n) is 3.87. The van der Waals surface area contributed by atoms with Crippen molar-refractivity contribution in [2.45, 2.75) is 32.1 Å². The van der Waals surface area contributed by atoms with E-state index in [9.17, 15) is 0 Å². The van der Waals surface area contributed by atoms with Gasteiger partial charge in [-0.1, -0.05) is 74.5 Å². The van der Waals surface area contributed by atoms with Crippen molar-refractivity contribution in [1.29, 1.82) is 0 Å². The third kappa shape index (κ3) is 2.86. The Balaban J connectivity index is 0.000000753. The molecule has 2 aromatic carbocycles. The number of piperidine rings is 1. The van der Waals surface area contributed by atoms with Crippen LogP contribution in [0.3, 0.4) is 0 Å². The summed E-state index contributed by atoms with van der Waals surface area (Å²) in [6, 6.07) is 19.8. The van der Waals surface area contributed by atoms with Crippen LogP contribution in [0.15, 0.2) is 60.7 Å². The van der Waals surface area contributed by atoms with Gasteiger partial charge in [-0.2, -0.15) is 0 Å². The molecule has 4 rings (SSSR count). The monoisotopic (exact) mass is 305 g/mol. The molecule has 1 fully saturated rings. The number of benzene rings is 2. The van der Waals surface area contributed by atoms with E-state index in [0.29, 0.717) is 0 Å². The summed E-state index contributed by atoms with van der Waals surface area (Å²) >= 11 is 0. The molecule has 2 aliphatic rings. The highest BCUT2D eigenvalue weighted by Crippen LogP contribution is 2.48. The van der Waals surface area contributed by atoms with Gasteiger partial charge in [0.1, 0.15) is 0 Å². The third-order valence-corrected chi connectivity index (χ3v) is 5.14. The normalized spacial score (nSPS) is 18.8. The first-order valence-electron chi connectivity index (χ1n) is 8.85. The highest BCUT2D eigenvalue weighted by molar-refractivity contribution is 5.87. The number of hydrogen-bond acceptors (Lipinski definition) is 1. The Morgan fingerprint density at radius 3 is 2.13 bits per heavy atom. The van der Waals surface area contributed by atoms with Gasteiger partial charge in [-0.15, -0.1) is 0 Å². The Hall–Kier alpha value is -1.86. The van der Waals surface area contributed by atoms with E-state index < -0.39 is 0 Å². The van der Waals surface area contributed by atoms with Crippen molar-refractivity contribution in [2.24, 2.45) is 0 Å². The van der Waals surface area contributed by atoms with Crippen molar-refractivity contribution in [2.75, 3.05) is 20.1 Å². The molecule has 0 saturated carbocycles. The molecule has 1 heterocycles. The van der Waals surface area contributed by atoms with Crippen molar-refractivity contribution in [3.63, 3.8) is 0 Å². The fraction of sp³-hybridized carbons (Fsp3) is 0.364. The van der Waals surface area contributed by atoms with Crippen LogP contribution in [0.5, 0.6) is 0 Å². The second-order valence-electron chi connectivity index (χ2n) is 6.43. The molecule has 0 radical (unpaired) electrons. The van der Waals surface area contributed by atoms with Crippen LogP contribution in [0.1, 0.15) is 43.4 Å². The fourth-order valence-corrected chi connectivity index (χ4v) is 3.87. The van der Waals surface area contributed by atoms with Gasteiger partial charge in [0.05, 0.1) is 0 Å². The topological polar surface area (TPSA) is 3.24 Å². The van der Waals surface area contributed by atoms with E-state index in [1.165, 1.54) is 48.2 Å². The minimum Gasteiger partial charge on any atom is -0.306 e. The molecule has 1 spiro atoms. The number of likely N-dealkylation sites (tertiary alicyclic amines) is 1. The molecule has 120 valence electrons. The Bertz CT molecular complexity index is 676. The van der Waals surface area contributed by atoms with Gasteiger partial charge in [0.15, 0.2) is 0 Å². The molecule has 0 unspecified atom stereocenters. The van der Waals surface area contributed by atoms with Gasteiger partial charge in [-0.25, -0.2) is 0 Å². The Kier molecular flexibility index (Phi) is 4.68. The van der Waals surface area contributed by atoms with Crippen LogP contribution in [-0.2, 0) is 5.41 Å². The lowest BCUT2D eigenvalue weighted by Gasteiger charge is -2.37. The molecule has 1 aliphatic carbocycles. The molecule has 23 heavy (non-hydrogen) atoms. The molecule has 0 amide bonds. The van der Waals surface area contributed by atoms with Gasteiger partial charge in [-0.05, 0) is 55.2 Å². The van der Waals surface area contributed by atoms with Gasteiger partial charge >= 0.3 is 0 Å². The number of allylic oxidation sites excluding steroid dienone is 1. The average Bonchev–Trinajstić information content (AvgIpc) is 2.95. The van der Waals surface area contributed by atoms with Crippen molar-refractivity contribution in [1.82, 2.24) is 4.90 Å². The predicted octanol–water partition coefficient (Wildman–Crippen LogP) is 5.12. The van der Waals surface area contributed by atoms with Crippen molar-refractivity contribution in [3.05, 3.63) is 77.4 Å². The lowest BCUT2D eigenvalue weighted by atomic mass is 9.75. The molecule has 1 nitrogen and oxygen atoms in total. The van der Waals surface area contributed by atoms with Crippen LogP contribution in [0.2, 0.25) is 0 Å². The minimum atomic E-state index is 0.258. The lowest BCUT2D eigenvalue weighted by molar-refractivity contribution is 0.219. The summed E-state index contributed by atoms with van der Waals surface area (Å²) in [4.78, 5) is 2.45. The first kappa shape index (κ1) is 16.0. The van der Waals surface area contributed by atoms with E-state index in [1.807, 2.05) is 13.8 Å². The number of nitrogens with zero attached hydrogens (tertiary/aromatic N) is 1. The van der Waals surface area contributed by atoms with Crippen LogP contribution >= 0.6 is 0 Å².